The lowest BCUT2D eigenvalue weighted by molar-refractivity contribution is -0.143. The number of esters is 1. The van der Waals surface area contributed by atoms with Crippen LogP contribution in [0.2, 0.25) is 0 Å². The number of imide groups is 1. The van der Waals surface area contributed by atoms with E-state index >= 15 is 0 Å². The van der Waals surface area contributed by atoms with Crippen molar-refractivity contribution in [2.45, 2.75) is 26.2 Å². The molecular weight excluding hydrogens is 226 g/mol. The molecule has 0 bridgehead atoms. The molecule has 0 aliphatic rings. The standard InChI is InChI=1S/C10H19N3O4/c1-2-17-9(15)4-3-6-12-7-5-8(14)13-10(11)16/h12H,2-7H2,1H3,(H3,11,13,14,16). The summed E-state index contributed by atoms with van der Waals surface area (Å²) in [5.74, 6) is -0.642. The minimum atomic E-state index is -0.850. The van der Waals surface area contributed by atoms with Crippen LogP contribution in [0.1, 0.15) is 26.2 Å². The van der Waals surface area contributed by atoms with Crippen LogP contribution in [-0.4, -0.2) is 37.6 Å². The summed E-state index contributed by atoms with van der Waals surface area (Å²) < 4.78 is 4.75. The Morgan fingerprint density at radius 3 is 2.47 bits per heavy atom. The first-order valence-electron chi connectivity index (χ1n) is 5.52. The van der Waals surface area contributed by atoms with Crippen LogP contribution in [0, 0.1) is 0 Å². The third-order valence-electron chi connectivity index (χ3n) is 1.83. The van der Waals surface area contributed by atoms with Crippen molar-refractivity contribution in [1.29, 1.82) is 0 Å². The normalized spacial score (nSPS) is 9.71. The van der Waals surface area contributed by atoms with E-state index in [9.17, 15) is 14.4 Å². The number of carbonyl (C=O) groups is 3. The summed E-state index contributed by atoms with van der Waals surface area (Å²) in [5, 5.41) is 4.92. The van der Waals surface area contributed by atoms with Gasteiger partial charge in [-0.1, -0.05) is 0 Å². The molecule has 0 aromatic carbocycles. The van der Waals surface area contributed by atoms with Gasteiger partial charge < -0.3 is 15.8 Å². The van der Waals surface area contributed by atoms with E-state index in [0.717, 1.165) is 0 Å². The highest BCUT2D eigenvalue weighted by molar-refractivity contribution is 5.93. The lowest BCUT2D eigenvalue weighted by atomic mass is 10.3. The van der Waals surface area contributed by atoms with Gasteiger partial charge in [-0.15, -0.1) is 0 Å². The Bertz CT molecular complexity index is 268. The number of rotatable bonds is 8. The van der Waals surface area contributed by atoms with Crippen molar-refractivity contribution in [2.75, 3.05) is 19.7 Å². The summed E-state index contributed by atoms with van der Waals surface area (Å²) >= 11 is 0. The first-order valence-corrected chi connectivity index (χ1v) is 5.52. The molecule has 0 aliphatic heterocycles. The molecule has 0 atom stereocenters. The molecule has 0 aliphatic carbocycles. The predicted octanol–water partition coefficient (Wildman–Crippen LogP) is -0.496. The van der Waals surface area contributed by atoms with Gasteiger partial charge in [-0.3, -0.25) is 14.9 Å². The zero-order valence-electron chi connectivity index (χ0n) is 9.95. The van der Waals surface area contributed by atoms with Gasteiger partial charge in [-0.2, -0.15) is 0 Å². The second kappa shape index (κ2) is 9.59. The molecule has 7 heteroatoms. The van der Waals surface area contributed by atoms with Gasteiger partial charge in [0, 0.05) is 19.4 Å². The quantitative estimate of drug-likeness (QED) is 0.394. The topological polar surface area (TPSA) is 111 Å². The van der Waals surface area contributed by atoms with Crippen LogP contribution in [0.4, 0.5) is 4.79 Å². The summed E-state index contributed by atoms with van der Waals surface area (Å²) in [6, 6.07) is -0.850. The maximum atomic E-state index is 11.0. The Morgan fingerprint density at radius 1 is 1.18 bits per heavy atom. The summed E-state index contributed by atoms with van der Waals surface area (Å²) in [7, 11) is 0. The fraction of sp³-hybridized carbons (Fsp3) is 0.700. The molecule has 0 unspecified atom stereocenters. The van der Waals surface area contributed by atoms with Crippen molar-refractivity contribution < 1.29 is 19.1 Å². The average molecular weight is 245 g/mol. The van der Waals surface area contributed by atoms with E-state index in [1.54, 1.807) is 6.92 Å². The molecule has 0 radical (unpaired) electrons. The molecule has 0 spiro atoms. The van der Waals surface area contributed by atoms with Gasteiger partial charge >= 0.3 is 12.0 Å². The lowest BCUT2D eigenvalue weighted by Gasteiger charge is -2.04. The van der Waals surface area contributed by atoms with Crippen LogP contribution < -0.4 is 16.4 Å². The van der Waals surface area contributed by atoms with Crippen LogP contribution in [0.3, 0.4) is 0 Å². The maximum absolute atomic E-state index is 11.0. The summed E-state index contributed by atoms with van der Waals surface area (Å²) in [4.78, 5) is 32.2. The monoisotopic (exact) mass is 245 g/mol. The van der Waals surface area contributed by atoms with Crippen molar-refractivity contribution in [3.05, 3.63) is 0 Å². The Labute approximate surface area is 100 Å². The summed E-state index contributed by atoms with van der Waals surface area (Å²) in [5.41, 5.74) is 4.76. The Kier molecular flexibility index (Phi) is 8.67. The number of primary amides is 1. The largest absolute Gasteiger partial charge is 0.466 e. The van der Waals surface area contributed by atoms with Crippen LogP contribution in [0.5, 0.6) is 0 Å². The van der Waals surface area contributed by atoms with Crippen molar-refractivity contribution in [3.63, 3.8) is 0 Å². The zero-order valence-corrected chi connectivity index (χ0v) is 9.95. The number of hydrogen-bond acceptors (Lipinski definition) is 5. The highest BCUT2D eigenvalue weighted by Gasteiger charge is 2.03. The van der Waals surface area contributed by atoms with E-state index in [0.29, 0.717) is 32.5 Å². The van der Waals surface area contributed by atoms with Gasteiger partial charge in [0.25, 0.3) is 0 Å². The fourth-order valence-electron chi connectivity index (χ4n) is 1.12. The van der Waals surface area contributed by atoms with Crippen molar-refractivity contribution in [1.82, 2.24) is 10.6 Å². The van der Waals surface area contributed by atoms with E-state index in [1.807, 2.05) is 5.32 Å². The van der Waals surface area contributed by atoms with Gasteiger partial charge in [0.1, 0.15) is 0 Å². The first-order chi connectivity index (χ1) is 8.06. The molecule has 0 fully saturated rings. The van der Waals surface area contributed by atoms with Crippen LogP contribution in [0.25, 0.3) is 0 Å². The first kappa shape index (κ1) is 15.4. The van der Waals surface area contributed by atoms with Crippen molar-refractivity contribution in [3.8, 4) is 0 Å². The molecule has 7 nitrogen and oxygen atoms in total. The molecule has 0 aromatic heterocycles. The van der Waals surface area contributed by atoms with Gasteiger partial charge in [0.05, 0.1) is 6.61 Å². The smallest absolute Gasteiger partial charge is 0.318 e. The number of nitrogens with one attached hydrogen (secondary N) is 2. The number of nitrogens with two attached hydrogens (primary N) is 1. The van der Waals surface area contributed by atoms with Crippen molar-refractivity contribution in [2.24, 2.45) is 5.73 Å². The van der Waals surface area contributed by atoms with E-state index in [-0.39, 0.29) is 12.4 Å². The molecule has 0 saturated carbocycles. The van der Waals surface area contributed by atoms with Gasteiger partial charge in [-0.25, -0.2) is 4.79 Å². The molecule has 0 heterocycles. The van der Waals surface area contributed by atoms with Crippen LogP contribution in [-0.2, 0) is 14.3 Å². The van der Waals surface area contributed by atoms with Crippen LogP contribution in [0.15, 0.2) is 0 Å². The molecule has 4 N–H and O–H groups in total. The Morgan fingerprint density at radius 2 is 1.88 bits per heavy atom. The number of hydrogen-bond donors (Lipinski definition) is 3. The summed E-state index contributed by atoms with van der Waals surface area (Å²) in [6.07, 6.45) is 1.17. The third kappa shape index (κ3) is 10.6. The minimum absolute atomic E-state index is 0.169. The van der Waals surface area contributed by atoms with Crippen LogP contribution >= 0.6 is 0 Å². The van der Waals surface area contributed by atoms with E-state index in [4.69, 9.17) is 10.5 Å². The minimum Gasteiger partial charge on any atom is -0.466 e. The van der Waals surface area contributed by atoms with Gasteiger partial charge in [0.15, 0.2) is 0 Å². The summed E-state index contributed by atoms with van der Waals surface area (Å²) in [6.45, 7) is 3.19. The van der Waals surface area contributed by atoms with Crippen molar-refractivity contribution >= 4 is 17.9 Å². The molecule has 3 amide bonds. The van der Waals surface area contributed by atoms with Gasteiger partial charge in [0.2, 0.25) is 5.91 Å². The number of amides is 3. The second-order valence-corrected chi connectivity index (χ2v) is 3.32. The maximum Gasteiger partial charge on any atom is 0.318 e. The molecule has 17 heavy (non-hydrogen) atoms. The second-order valence-electron chi connectivity index (χ2n) is 3.32. The third-order valence-corrected chi connectivity index (χ3v) is 1.83. The Hall–Kier alpha value is -1.63. The molecule has 0 rings (SSSR count). The fourth-order valence-corrected chi connectivity index (χ4v) is 1.12. The van der Waals surface area contributed by atoms with E-state index in [2.05, 4.69) is 5.32 Å². The molecule has 98 valence electrons. The number of ether oxygens (including phenoxy) is 1. The predicted molar refractivity (Wildman–Crippen MR) is 61.1 cm³/mol. The number of carbonyl (C=O) groups excluding carboxylic acids is 3. The number of urea groups is 1. The SMILES string of the molecule is CCOC(=O)CCCNCCC(=O)NC(N)=O. The highest BCUT2D eigenvalue weighted by Crippen LogP contribution is 1.91. The van der Waals surface area contributed by atoms with E-state index < -0.39 is 11.9 Å². The zero-order chi connectivity index (χ0) is 13.1. The van der Waals surface area contributed by atoms with E-state index in [1.165, 1.54) is 0 Å². The Balaban J connectivity index is 3.32. The molecule has 0 aromatic rings. The molecule has 0 saturated heterocycles. The lowest BCUT2D eigenvalue weighted by Crippen LogP contribution is -2.36. The highest BCUT2D eigenvalue weighted by atomic mass is 16.5. The average Bonchev–Trinajstić information content (AvgIpc) is 2.22. The van der Waals surface area contributed by atoms with Gasteiger partial charge in [-0.05, 0) is 19.9 Å². The molecular formula is C10H19N3O4.